The number of nitrogens with one attached hydrogen (secondary N) is 1. The van der Waals surface area contributed by atoms with Crippen molar-refractivity contribution in [2.75, 3.05) is 0 Å². The minimum Gasteiger partial charge on any atom is -0.252 e. The van der Waals surface area contributed by atoms with E-state index in [0.717, 1.165) is 12.5 Å². The standard InChI is InChI=1S/C9H13F2N/c1-7-3-5-8(6-4-7)12-9(2,10)11/h3-5,8,12H,6H2,1-2H3. The van der Waals surface area contributed by atoms with Gasteiger partial charge in [-0.1, -0.05) is 23.8 Å². The molecule has 68 valence electrons. The van der Waals surface area contributed by atoms with E-state index in [1.807, 2.05) is 19.1 Å². The molecule has 0 aliphatic heterocycles. The second-order valence-corrected chi connectivity index (χ2v) is 3.18. The normalized spacial score (nSPS) is 24.0. The molecule has 0 spiro atoms. The van der Waals surface area contributed by atoms with Crippen LogP contribution >= 0.6 is 0 Å². The first-order chi connectivity index (χ1) is 5.47. The van der Waals surface area contributed by atoms with Gasteiger partial charge in [-0.15, -0.1) is 0 Å². The molecular formula is C9H13F2N. The van der Waals surface area contributed by atoms with E-state index in [9.17, 15) is 8.78 Å². The Balaban J connectivity index is 2.44. The number of rotatable bonds is 2. The zero-order valence-corrected chi connectivity index (χ0v) is 7.27. The van der Waals surface area contributed by atoms with Crippen LogP contribution in [0.4, 0.5) is 8.78 Å². The molecule has 0 heterocycles. The summed E-state index contributed by atoms with van der Waals surface area (Å²) in [5, 5.41) is 2.21. The summed E-state index contributed by atoms with van der Waals surface area (Å²) in [4.78, 5) is 0. The summed E-state index contributed by atoms with van der Waals surface area (Å²) < 4.78 is 24.9. The van der Waals surface area contributed by atoms with Crippen LogP contribution in [0.2, 0.25) is 0 Å². The minimum atomic E-state index is -2.78. The van der Waals surface area contributed by atoms with Gasteiger partial charge in [0.1, 0.15) is 0 Å². The first kappa shape index (κ1) is 9.39. The van der Waals surface area contributed by atoms with Gasteiger partial charge < -0.3 is 0 Å². The van der Waals surface area contributed by atoms with E-state index in [-0.39, 0.29) is 6.04 Å². The third-order valence-corrected chi connectivity index (χ3v) is 1.72. The molecule has 0 bridgehead atoms. The fraction of sp³-hybridized carbons (Fsp3) is 0.556. The molecule has 0 radical (unpaired) electrons. The summed E-state index contributed by atoms with van der Waals surface area (Å²) in [5.41, 5.74) is 1.13. The van der Waals surface area contributed by atoms with Crippen molar-refractivity contribution in [3.8, 4) is 0 Å². The molecule has 0 aromatic carbocycles. The highest BCUT2D eigenvalue weighted by atomic mass is 19.3. The van der Waals surface area contributed by atoms with Crippen LogP contribution in [0.5, 0.6) is 0 Å². The third-order valence-electron chi connectivity index (χ3n) is 1.72. The maximum atomic E-state index is 12.4. The van der Waals surface area contributed by atoms with Gasteiger partial charge in [-0.3, -0.25) is 5.32 Å². The van der Waals surface area contributed by atoms with Gasteiger partial charge >= 0.3 is 0 Å². The molecule has 0 aromatic rings. The van der Waals surface area contributed by atoms with Gasteiger partial charge in [0.05, 0.1) is 0 Å². The third kappa shape index (κ3) is 3.13. The molecule has 0 saturated carbocycles. The SMILES string of the molecule is CC1=CCC(NC(C)(F)F)C=C1. The van der Waals surface area contributed by atoms with Gasteiger partial charge in [0.25, 0.3) is 6.05 Å². The quantitative estimate of drug-likeness (QED) is 0.632. The molecule has 1 rings (SSSR count). The monoisotopic (exact) mass is 173 g/mol. The Morgan fingerprint density at radius 3 is 2.67 bits per heavy atom. The first-order valence-electron chi connectivity index (χ1n) is 3.98. The average Bonchev–Trinajstić information content (AvgIpc) is 1.91. The Kier molecular flexibility index (Phi) is 2.62. The Morgan fingerprint density at radius 2 is 2.25 bits per heavy atom. The Hall–Kier alpha value is -0.700. The molecular weight excluding hydrogens is 160 g/mol. The van der Waals surface area contributed by atoms with Gasteiger partial charge in [0.15, 0.2) is 0 Å². The summed E-state index contributed by atoms with van der Waals surface area (Å²) in [6, 6.07) is -3.01. The van der Waals surface area contributed by atoms with Crippen LogP contribution in [0.1, 0.15) is 20.3 Å². The Morgan fingerprint density at radius 1 is 1.58 bits per heavy atom. The predicted octanol–water partition coefficient (Wildman–Crippen LogP) is 2.46. The summed E-state index contributed by atoms with van der Waals surface area (Å²) >= 11 is 0. The highest BCUT2D eigenvalue weighted by Crippen LogP contribution is 2.14. The van der Waals surface area contributed by atoms with Gasteiger partial charge in [-0.05, 0) is 13.3 Å². The van der Waals surface area contributed by atoms with E-state index in [1.165, 1.54) is 0 Å². The number of allylic oxidation sites excluding steroid dienone is 2. The van der Waals surface area contributed by atoms with Crippen LogP contribution in [-0.2, 0) is 0 Å². The van der Waals surface area contributed by atoms with E-state index in [0.29, 0.717) is 6.42 Å². The number of hydrogen-bond donors (Lipinski definition) is 1. The van der Waals surface area contributed by atoms with Gasteiger partial charge in [0.2, 0.25) is 0 Å². The highest BCUT2D eigenvalue weighted by Gasteiger charge is 2.23. The van der Waals surface area contributed by atoms with Crippen LogP contribution in [0.25, 0.3) is 0 Å². The lowest BCUT2D eigenvalue weighted by molar-refractivity contribution is -0.0211. The summed E-state index contributed by atoms with van der Waals surface area (Å²) in [6.07, 6.45) is 6.22. The van der Waals surface area contributed by atoms with Gasteiger partial charge in [0, 0.05) is 13.0 Å². The second-order valence-electron chi connectivity index (χ2n) is 3.18. The number of alkyl halides is 2. The molecule has 1 N–H and O–H groups in total. The maximum Gasteiger partial charge on any atom is 0.300 e. The lowest BCUT2D eigenvalue weighted by Crippen LogP contribution is -2.40. The number of halogens is 2. The molecule has 1 aliphatic carbocycles. The summed E-state index contributed by atoms with van der Waals surface area (Å²) in [7, 11) is 0. The average molecular weight is 173 g/mol. The first-order valence-corrected chi connectivity index (χ1v) is 3.98. The molecule has 1 unspecified atom stereocenters. The van der Waals surface area contributed by atoms with Crippen molar-refractivity contribution < 1.29 is 8.78 Å². The van der Waals surface area contributed by atoms with Crippen LogP contribution in [-0.4, -0.2) is 12.1 Å². The van der Waals surface area contributed by atoms with Crippen LogP contribution < -0.4 is 5.32 Å². The maximum absolute atomic E-state index is 12.4. The van der Waals surface area contributed by atoms with E-state index in [1.54, 1.807) is 6.08 Å². The molecule has 0 amide bonds. The van der Waals surface area contributed by atoms with E-state index >= 15 is 0 Å². The lowest BCUT2D eigenvalue weighted by Gasteiger charge is -2.21. The second kappa shape index (κ2) is 3.35. The summed E-state index contributed by atoms with van der Waals surface area (Å²) in [5.74, 6) is 0. The number of hydrogen-bond acceptors (Lipinski definition) is 1. The van der Waals surface area contributed by atoms with Crippen molar-refractivity contribution in [1.82, 2.24) is 5.32 Å². The lowest BCUT2D eigenvalue weighted by atomic mass is 10.0. The smallest absolute Gasteiger partial charge is 0.252 e. The van der Waals surface area contributed by atoms with Crippen molar-refractivity contribution in [3.05, 3.63) is 23.8 Å². The van der Waals surface area contributed by atoms with Crippen molar-refractivity contribution in [2.24, 2.45) is 0 Å². The molecule has 3 heteroatoms. The minimum absolute atomic E-state index is 0.228. The Bertz CT molecular complexity index is 213. The van der Waals surface area contributed by atoms with Crippen LogP contribution in [0.3, 0.4) is 0 Å². The van der Waals surface area contributed by atoms with E-state index < -0.39 is 6.05 Å². The van der Waals surface area contributed by atoms with Crippen LogP contribution in [0.15, 0.2) is 23.8 Å². The highest BCUT2D eigenvalue weighted by molar-refractivity contribution is 5.23. The molecule has 1 atom stereocenters. The predicted molar refractivity (Wildman–Crippen MR) is 45.1 cm³/mol. The summed E-state index contributed by atoms with van der Waals surface area (Å²) in [6.45, 7) is 2.82. The van der Waals surface area contributed by atoms with Crippen molar-refractivity contribution in [1.29, 1.82) is 0 Å². The zero-order chi connectivity index (χ0) is 9.19. The Labute approximate surface area is 71.2 Å². The van der Waals surface area contributed by atoms with Crippen molar-refractivity contribution >= 4 is 0 Å². The molecule has 12 heavy (non-hydrogen) atoms. The van der Waals surface area contributed by atoms with Crippen molar-refractivity contribution in [2.45, 2.75) is 32.4 Å². The molecule has 1 aliphatic rings. The zero-order valence-electron chi connectivity index (χ0n) is 7.27. The molecule has 0 fully saturated rings. The molecule has 0 aromatic heterocycles. The fourth-order valence-electron chi connectivity index (χ4n) is 1.16. The fourth-order valence-corrected chi connectivity index (χ4v) is 1.16. The molecule has 1 nitrogen and oxygen atoms in total. The van der Waals surface area contributed by atoms with Gasteiger partial charge in [-0.2, -0.15) is 8.78 Å². The molecule has 0 saturated heterocycles. The van der Waals surface area contributed by atoms with Gasteiger partial charge in [-0.25, -0.2) is 0 Å². The topological polar surface area (TPSA) is 12.0 Å². The largest absolute Gasteiger partial charge is 0.300 e. The van der Waals surface area contributed by atoms with E-state index in [2.05, 4.69) is 5.32 Å². The van der Waals surface area contributed by atoms with Crippen LogP contribution in [0, 0.1) is 0 Å². The van der Waals surface area contributed by atoms with E-state index in [4.69, 9.17) is 0 Å². The van der Waals surface area contributed by atoms with Crippen molar-refractivity contribution in [3.63, 3.8) is 0 Å².